The summed E-state index contributed by atoms with van der Waals surface area (Å²) in [5.74, 6) is 1.44. The minimum absolute atomic E-state index is 0.540. The molecule has 0 saturated carbocycles. The number of hydrogen-bond acceptors (Lipinski definition) is 4. The van der Waals surface area contributed by atoms with Gasteiger partial charge in [-0.2, -0.15) is 5.10 Å². The van der Waals surface area contributed by atoms with Gasteiger partial charge < -0.3 is 20.1 Å². The molecular weight excluding hydrogens is 380 g/mol. The van der Waals surface area contributed by atoms with Crippen LogP contribution in [0.25, 0.3) is 0 Å². The molecule has 124 valence electrons. The molecule has 2 rings (SSSR count). The summed E-state index contributed by atoms with van der Waals surface area (Å²) < 4.78 is 13.4. The minimum Gasteiger partial charge on any atom is -0.497 e. The van der Waals surface area contributed by atoms with Gasteiger partial charge in [0.15, 0.2) is 5.11 Å². The average molecular weight is 399 g/mol. The molecule has 0 aliphatic heterocycles. The Hall–Kier alpha value is -1.80. The monoisotopic (exact) mass is 398 g/mol. The summed E-state index contributed by atoms with van der Waals surface area (Å²) in [6.45, 7) is 1.57. The van der Waals surface area contributed by atoms with Crippen LogP contribution in [0.2, 0.25) is 0 Å². The van der Waals surface area contributed by atoms with Crippen molar-refractivity contribution >= 4 is 38.9 Å². The molecule has 0 radical (unpaired) electrons. The van der Waals surface area contributed by atoms with E-state index in [0.29, 0.717) is 10.9 Å². The van der Waals surface area contributed by atoms with Gasteiger partial charge in [-0.15, -0.1) is 0 Å². The van der Waals surface area contributed by atoms with E-state index in [1.165, 1.54) is 0 Å². The molecule has 0 bridgehead atoms. The SMILES string of the molecule is COc1ccc(OC)c(NC(=S)NCCCn2cc(Br)cn2)c1. The molecule has 2 aromatic rings. The number of methoxy groups -OCH3 is 2. The van der Waals surface area contributed by atoms with Crippen molar-refractivity contribution in [2.24, 2.45) is 0 Å². The molecule has 0 saturated heterocycles. The van der Waals surface area contributed by atoms with Crippen molar-refractivity contribution in [2.45, 2.75) is 13.0 Å². The third-order valence-electron chi connectivity index (χ3n) is 3.11. The lowest BCUT2D eigenvalue weighted by atomic mass is 10.2. The molecule has 8 heteroatoms. The van der Waals surface area contributed by atoms with Gasteiger partial charge in [0.2, 0.25) is 0 Å². The van der Waals surface area contributed by atoms with E-state index >= 15 is 0 Å². The van der Waals surface area contributed by atoms with Crippen molar-refractivity contribution in [3.05, 3.63) is 35.1 Å². The zero-order valence-corrected chi connectivity index (χ0v) is 15.4. The second-order valence-corrected chi connectivity index (χ2v) is 6.05. The van der Waals surface area contributed by atoms with Crippen molar-refractivity contribution in [1.82, 2.24) is 15.1 Å². The summed E-state index contributed by atoms with van der Waals surface area (Å²) in [5, 5.41) is 11.0. The minimum atomic E-state index is 0.540. The van der Waals surface area contributed by atoms with Gasteiger partial charge in [0.25, 0.3) is 0 Å². The Morgan fingerprint density at radius 1 is 1.35 bits per heavy atom. The van der Waals surface area contributed by atoms with Crippen LogP contribution in [0.1, 0.15) is 6.42 Å². The summed E-state index contributed by atoms with van der Waals surface area (Å²) >= 11 is 8.68. The van der Waals surface area contributed by atoms with Gasteiger partial charge in [-0.1, -0.05) is 0 Å². The first-order valence-electron chi connectivity index (χ1n) is 7.07. The first-order chi connectivity index (χ1) is 11.1. The maximum atomic E-state index is 5.31. The van der Waals surface area contributed by atoms with Crippen molar-refractivity contribution < 1.29 is 9.47 Å². The van der Waals surface area contributed by atoms with Gasteiger partial charge in [0, 0.05) is 25.4 Å². The summed E-state index contributed by atoms with van der Waals surface area (Å²) in [7, 11) is 3.24. The van der Waals surface area contributed by atoms with Crippen LogP contribution in [0.4, 0.5) is 5.69 Å². The zero-order chi connectivity index (χ0) is 16.7. The Bertz CT molecular complexity index is 663. The lowest BCUT2D eigenvalue weighted by molar-refractivity contribution is 0.405. The Kier molecular flexibility index (Phi) is 6.66. The summed E-state index contributed by atoms with van der Waals surface area (Å²) in [5.41, 5.74) is 0.764. The van der Waals surface area contributed by atoms with Crippen molar-refractivity contribution in [3.8, 4) is 11.5 Å². The van der Waals surface area contributed by atoms with Crippen LogP contribution in [0.15, 0.2) is 35.1 Å². The normalized spacial score (nSPS) is 10.2. The van der Waals surface area contributed by atoms with Crippen LogP contribution < -0.4 is 20.1 Å². The highest BCUT2D eigenvalue weighted by Gasteiger charge is 2.06. The summed E-state index contributed by atoms with van der Waals surface area (Å²) in [6.07, 6.45) is 4.62. The highest BCUT2D eigenvalue weighted by atomic mass is 79.9. The molecule has 1 aromatic heterocycles. The van der Waals surface area contributed by atoms with Crippen molar-refractivity contribution in [2.75, 3.05) is 26.1 Å². The van der Waals surface area contributed by atoms with Gasteiger partial charge in [-0.3, -0.25) is 4.68 Å². The number of aryl methyl sites for hydroxylation is 1. The second kappa shape index (κ2) is 8.73. The Balaban J connectivity index is 1.80. The Morgan fingerprint density at radius 3 is 2.83 bits per heavy atom. The molecule has 0 unspecified atom stereocenters. The number of ether oxygens (including phenoxy) is 2. The second-order valence-electron chi connectivity index (χ2n) is 4.72. The number of anilines is 1. The number of thiocarbonyl (C=S) groups is 1. The van der Waals surface area contributed by atoms with E-state index < -0.39 is 0 Å². The number of benzene rings is 1. The standard InChI is InChI=1S/C15H19BrN4O2S/c1-21-12-4-5-14(22-2)13(8-12)19-15(23)17-6-3-7-20-10-11(16)9-18-20/h4-5,8-10H,3,6-7H2,1-2H3,(H2,17,19,23). The molecule has 0 amide bonds. The summed E-state index contributed by atoms with van der Waals surface area (Å²) in [4.78, 5) is 0. The van der Waals surface area contributed by atoms with E-state index in [0.717, 1.165) is 35.4 Å². The molecule has 2 N–H and O–H groups in total. The van der Waals surface area contributed by atoms with E-state index in [-0.39, 0.29) is 0 Å². The third kappa shape index (κ3) is 5.40. The van der Waals surface area contributed by atoms with E-state index in [2.05, 4.69) is 31.7 Å². The average Bonchev–Trinajstić information content (AvgIpc) is 2.97. The van der Waals surface area contributed by atoms with Gasteiger partial charge in [0.05, 0.1) is 30.6 Å². The predicted octanol–water partition coefficient (Wildman–Crippen LogP) is 3.04. The molecule has 1 aromatic carbocycles. The molecule has 23 heavy (non-hydrogen) atoms. The summed E-state index contributed by atoms with van der Waals surface area (Å²) in [6, 6.07) is 5.51. The molecule has 6 nitrogen and oxygen atoms in total. The number of nitrogens with one attached hydrogen (secondary N) is 2. The van der Waals surface area contributed by atoms with Crippen LogP contribution in [-0.4, -0.2) is 35.7 Å². The van der Waals surface area contributed by atoms with E-state index in [1.54, 1.807) is 20.4 Å². The molecule has 1 heterocycles. The maximum absolute atomic E-state index is 5.31. The van der Waals surface area contributed by atoms with Gasteiger partial charge >= 0.3 is 0 Å². The number of hydrogen-bond donors (Lipinski definition) is 2. The van der Waals surface area contributed by atoms with Crippen LogP contribution in [0, 0.1) is 0 Å². The smallest absolute Gasteiger partial charge is 0.170 e. The van der Waals surface area contributed by atoms with Crippen LogP contribution in [0.3, 0.4) is 0 Å². The fourth-order valence-electron chi connectivity index (χ4n) is 1.98. The predicted molar refractivity (Wildman–Crippen MR) is 98.3 cm³/mol. The lowest BCUT2D eigenvalue weighted by Gasteiger charge is -2.14. The Morgan fingerprint density at radius 2 is 2.17 bits per heavy atom. The highest BCUT2D eigenvalue weighted by Crippen LogP contribution is 2.28. The number of aromatic nitrogens is 2. The highest BCUT2D eigenvalue weighted by molar-refractivity contribution is 9.10. The maximum Gasteiger partial charge on any atom is 0.170 e. The van der Waals surface area contributed by atoms with Crippen LogP contribution in [0.5, 0.6) is 11.5 Å². The van der Waals surface area contributed by atoms with Crippen LogP contribution >= 0.6 is 28.1 Å². The third-order valence-corrected chi connectivity index (χ3v) is 3.76. The molecule has 0 aliphatic rings. The van der Waals surface area contributed by atoms with Crippen molar-refractivity contribution in [3.63, 3.8) is 0 Å². The fourth-order valence-corrected chi connectivity index (χ4v) is 2.52. The fraction of sp³-hybridized carbons (Fsp3) is 0.333. The molecule has 0 aliphatic carbocycles. The van der Waals surface area contributed by atoms with E-state index in [4.69, 9.17) is 21.7 Å². The topological polar surface area (TPSA) is 60.3 Å². The number of halogens is 1. The van der Waals surface area contributed by atoms with Gasteiger partial charge in [-0.05, 0) is 46.7 Å². The van der Waals surface area contributed by atoms with Gasteiger partial charge in [-0.25, -0.2) is 0 Å². The molecule has 0 atom stereocenters. The van der Waals surface area contributed by atoms with Crippen molar-refractivity contribution in [1.29, 1.82) is 0 Å². The number of rotatable bonds is 7. The van der Waals surface area contributed by atoms with Crippen LogP contribution in [-0.2, 0) is 6.54 Å². The van der Waals surface area contributed by atoms with Gasteiger partial charge in [0.1, 0.15) is 11.5 Å². The number of nitrogens with zero attached hydrogens (tertiary/aromatic N) is 2. The quantitative estimate of drug-likeness (QED) is 0.552. The van der Waals surface area contributed by atoms with E-state index in [1.807, 2.05) is 29.1 Å². The molecule has 0 fully saturated rings. The lowest BCUT2D eigenvalue weighted by Crippen LogP contribution is -2.30. The zero-order valence-electron chi connectivity index (χ0n) is 13.0. The molecule has 0 spiro atoms. The first kappa shape index (κ1) is 17.6. The first-order valence-corrected chi connectivity index (χ1v) is 8.27. The molecular formula is C15H19BrN4O2S. The Labute approximate surface area is 149 Å². The van der Waals surface area contributed by atoms with E-state index in [9.17, 15) is 0 Å². The largest absolute Gasteiger partial charge is 0.497 e.